The number of nitrogens with zero attached hydrogens (tertiary/aromatic N) is 4. The van der Waals surface area contributed by atoms with Gasteiger partial charge in [0.15, 0.2) is 15.9 Å². The molecule has 0 radical (unpaired) electrons. The number of carbonyl (C=O) groups is 4. The zero-order valence-corrected chi connectivity index (χ0v) is 24.9. The van der Waals surface area contributed by atoms with Gasteiger partial charge < -0.3 is 24.2 Å². The lowest BCUT2D eigenvalue weighted by Crippen LogP contribution is -2.65. The van der Waals surface area contributed by atoms with Crippen molar-refractivity contribution in [2.75, 3.05) is 19.9 Å². The molecule has 12 nitrogen and oxygen atoms in total. The summed E-state index contributed by atoms with van der Waals surface area (Å²) >= 11 is 1.48. The fourth-order valence-corrected chi connectivity index (χ4v) is 9.74. The zero-order chi connectivity index (χ0) is 27.6. The summed E-state index contributed by atoms with van der Waals surface area (Å²) < 4.78 is 33.6. The third-order valence-corrected chi connectivity index (χ3v) is 12.6. The van der Waals surface area contributed by atoms with Gasteiger partial charge in [0, 0.05) is 17.8 Å². The molecule has 5 heterocycles. The van der Waals surface area contributed by atoms with Gasteiger partial charge in [0.05, 0.1) is 17.5 Å². The van der Waals surface area contributed by atoms with E-state index in [1.54, 1.807) is 6.34 Å². The van der Waals surface area contributed by atoms with Crippen LogP contribution in [0.1, 0.15) is 59.8 Å². The zero-order valence-electron chi connectivity index (χ0n) is 22.4. The van der Waals surface area contributed by atoms with Crippen LogP contribution in [0.4, 0.5) is 0 Å². The number of esters is 2. The highest BCUT2D eigenvalue weighted by Gasteiger charge is 2.68. The maximum Gasteiger partial charge on any atom is 0.333 e. The first-order valence-electron chi connectivity index (χ1n) is 12.9. The van der Waals surface area contributed by atoms with Gasteiger partial charge in [-0.1, -0.05) is 12.8 Å². The molecule has 218 valence electrons. The first kappa shape index (κ1) is 29.9. The van der Waals surface area contributed by atoms with Crippen LogP contribution in [0.3, 0.4) is 0 Å². The number of rotatable bonds is 6. The molecule has 5 atom stereocenters. The Hall–Kier alpha value is -2.06. The largest absolute Gasteiger partial charge is 0.426 e. The summed E-state index contributed by atoms with van der Waals surface area (Å²) in [5.41, 5.74) is 0. The van der Waals surface area contributed by atoms with Crippen LogP contribution in [-0.2, 0) is 38.5 Å². The minimum absolute atomic E-state index is 0. The van der Waals surface area contributed by atoms with Crippen molar-refractivity contribution in [3.8, 4) is 0 Å². The highest BCUT2D eigenvalue weighted by atomic mass is 35.5. The van der Waals surface area contributed by atoms with Crippen LogP contribution < -0.4 is 0 Å². The minimum atomic E-state index is -3.76. The van der Waals surface area contributed by atoms with Crippen LogP contribution in [0, 0.1) is 0 Å². The highest BCUT2D eigenvalue weighted by Crippen LogP contribution is 2.52. The first-order valence-corrected chi connectivity index (χ1v) is 15.4. The Morgan fingerprint density at radius 3 is 2.18 bits per heavy atom. The number of sulfone groups is 1. The van der Waals surface area contributed by atoms with Gasteiger partial charge in [0.25, 0.3) is 5.91 Å². The Labute approximate surface area is 238 Å². The molecule has 0 unspecified atom stereocenters. The number of aliphatic imine (C=N–C) groups is 1. The molecule has 0 saturated carbocycles. The summed E-state index contributed by atoms with van der Waals surface area (Å²) in [6.07, 6.45) is 6.20. The Kier molecular flexibility index (Phi) is 7.98. The summed E-state index contributed by atoms with van der Waals surface area (Å²) in [7, 11) is -3.76. The second-order valence-corrected chi connectivity index (χ2v) is 15.9. The number of likely N-dealkylation sites (tertiary alicyclic amines) is 1. The van der Waals surface area contributed by atoms with E-state index in [0.29, 0.717) is 0 Å². The van der Waals surface area contributed by atoms with Crippen LogP contribution in [0.25, 0.3) is 0 Å². The molecule has 5 fully saturated rings. The molecule has 0 aromatic heterocycles. The van der Waals surface area contributed by atoms with Crippen molar-refractivity contribution in [3.05, 3.63) is 0 Å². The molecule has 2 amide bonds. The molecule has 0 bridgehead atoms. The van der Waals surface area contributed by atoms with Crippen molar-refractivity contribution in [2.45, 2.75) is 98.2 Å². The molecule has 5 rings (SSSR count). The van der Waals surface area contributed by atoms with Gasteiger partial charge in [-0.3, -0.25) is 14.6 Å². The van der Waals surface area contributed by atoms with Crippen LogP contribution in [0.15, 0.2) is 4.99 Å². The van der Waals surface area contributed by atoms with Gasteiger partial charge in [-0.25, -0.2) is 18.0 Å². The second-order valence-electron chi connectivity index (χ2n) is 11.5. The molecular weight excluding hydrogens is 572 g/mol. The minimum Gasteiger partial charge on any atom is -0.426 e. The topological polar surface area (TPSA) is 143 Å². The molecule has 5 saturated heterocycles. The average Bonchev–Trinajstić information content (AvgIpc) is 3.01. The standard InChI is InChI=1S/C24H34N4O8S2.ClH/c1-23(2)17(28-19(30)16(20(28)37-23)25-12-26-9-7-5-6-8-10-26)21(31)35-13-36-22(32)18-24(3,4)38(33,34)15-11-14(29)27(15)18;/h12,15-18,20H,5-11,13H2,1-4H3;1H/t15-,16-,17+,18+,20-;/m1./s1. The predicted octanol–water partition coefficient (Wildman–Crippen LogP) is 0.921. The molecule has 0 aromatic rings. The van der Waals surface area contributed by atoms with E-state index in [0.717, 1.165) is 30.8 Å². The number of halogens is 1. The third kappa shape index (κ3) is 4.69. The highest BCUT2D eigenvalue weighted by molar-refractivity contribution is 8.01. The van der Waals surface area contributed by atoms with Gasteiger partial charge in [-0.2, -0.15) is 0 Å². The summed E-state index contributed by atoms with van der Waals surface area (Å²) in [4.78, 5) is 60.0. The maximum absolute atomic E-state index is 13.0. The van der Waals surface area contributed by atoms with E-state index in [1.165, 1.54) is 43.4 Å². The maximum atomic E-state index is 13.0. The number of fused-ring (bicyclic) bond motifs is 2. The monoisotopic (exact) mass is 606 g/mol. The SMILES string of the molecule is CC1(C)S[C@@H]2[C@H](N=CN3CCCCCC3)C(=O)N2[C@H]1C(=O)OCOC(=O)[C@@H]1N2C(=O)C[C@H]2S(=O)(=O)C1(C)C.Cl. The van der Waals surface area contributed by atoms with Crippen molar-refractivity contribution in [1.82, 2.24) is 14.7 Å². The Bertz CT molecular complexity index is 1180. The number of hydrogen-bond donors (Lipinski definition) is 0. The van der Waals surface area contributed by atoms with E-state index in [1.807, 2.05) is 13.8 Å². The molecular formula is C24H35ClN4O8S2. The molecule has 5 aliphatic rings. The van der Waals surface area contributed by atoms with E-state index in [2.05, 4.69) is 9.89 Å². The Morgan fingerprint density at radius 2 is 1.59 bits per heavy atom. The van der Waals surface area contributed by atoms with E-state index < -0.39 is 67.5 Å². The van der Waals surface area contributed by atoms with Gasteiger partial charge in [-0.15, -0.1) is 24.2 Å². The average molecular weight is 607 g/mol. The van der Waals surface area contributed by atoms with Gasteiger partial charge in [-0.05, 0) is 40.5 Å². The third-order valence-electron chi connectivity index (χ3n) is 8.27. The van der Waals surface area contributed by atoms with Gasteiger partial charge in [0.2, 0.25) is 12.7 Å². The van der Waals surface area contributed by atoms with Crippen molar-refractivity contribution in [1.29, 1.82) is 0 Å². The number of amides is 2. The molecule has 0 N–H and O–H groups in total. The van der Waals surface area contributed by atoms with E-state index in [-0.39, 0.29) is 30.1 Å². The van der Waals surface area contributed by atoms with Crippen LogP contribution >= 0.6 is 24.2 Å². The van der Waals surface area contributed by atoms with Crippen LogP contribution in [-0.4, -0.2) is 111 Å². The lowest BCUT2D eigenvalue weighted by atomic mass is 9.96. The van der Waals surface area contributed by atoms with Gasteiger partial charge in [0.1, 0.15) is 22.8 Å². The molecule has 5 aliphatic heterocycles. The quantitative estimate of drug-likeness (QED) is 0.141. The smallest absolute Gasteiger partial charge is 0.333 e. The molecule has 0 spiro atoms. The van der Waals surface area contributed by atoms with Crippen molar-refractivity contribution >= 4 is 64.1 Å². The number of hydrogen-bond acceptors (Lipinski definition) is 10. The Balaban J connectivity index is 0.00000353. The first-order chi connectivity index (χ1) is 17.8. The lowest BCUT2D eigenvalue weighted by Gasteiger charge is -2.42. The second kappa shape index (κ2) is 10.4. The lowest BCUT2D eigenvalue weighted by molar-refractivity contribution is -0.181. The van der Waals surface area contributed by atoms with Crippen LogP contribution in [0.2, 0.25) is 0 Å². The number of ether oxygens (including phenoxy) is 2. The van der Waals surface area contributed by atoms with E-state index >= 15 is 0 Å². The molecule has 0 aliphatic carbocycles. The number of β-lactam (4-membered cyclic amide) rings is 2. The Morgan fingerprint density at radius 1 is 1.00 bits per heavy atom. The summed E-state index contributed by atoms with van der Waals surface area (Å²) in [6, 6.07) is -2.77. The van der Waals surface area contributed by atoms with Crippen molar-refractivity contribution in [2.24, 2.45) is 4.99 Å². The molecule has 39 heavy (non-hydrogen) atoms. The predicted molar refractivity (Wildman–Crippen MR) is 145 cm³/mol. The fourth-order valence-electron chi connectivity index (χ4n) is 6.00. The molecule has 0 aromatic carbocycles. The fraction of sp³-hybridized carbons (Fsp3) is 0.792. The van der Waals surface area contributed by atoms with Crippen molar-refractivity contribution < 1.29 is 37.1 Å². The molecule has 15 heteroatoms. The summed E-state index contributed by atoms with van der Waals surface area (Å²) in [5, 5.41) is -1.33. The van der Waals surface area contributed by atoms with Crippen LogP contribution in [0.5, 0.6) is 0 Å². The number of thioether (sulfide) groups is 1. The summed E-state index contributed by atoms with van der Waals surface area (Å²) in [6.45, 7) is 7.54. The van der Waals surface area contributed by atoms with E-state index in [4.69, 9.17) is 9.47 Å². The van der Waals surface area contributed by atoms with Gasteiger partial charge >= 0.3 is 11.9 Å². The van der Waals surface area contributed by atoms with Crippen molar-refractivity contribution in [3.63, 3.8) is 0 Å². The van der Waals surface area contributed by atoms with E-state index in [9.17, 15) is 27.6 Å². The normalized spacial score (nSPS) is 33.8. The number of carbonyl (C=O) groups excluding carboxylic acids is 4. The summed E-state index contributed by atoms with van der Waals surface area (Å²) in [5.74, 6) is -2.37.